The van der Waals surface area contributed by atoms with Crippen molar-refractivity contribution in [2.45, 2.75) is 19.3 Å². The Labute approximate surface area is 83.6 Å². The maximum Gasteiger partial charge on any atom is 0.226 e. The molecule has 0 unspecified atom stereocenters. The van der Waals surface area contributed by atoms with Crippen molar-refractivity contribution in [3.05, 3.63) is 0 Å². The van der Waals surface area contributed by atoms with Crippen LogP contribution in [-0.2, 0) is 9.59 Å². The molecule has 0 aromatic rings. The van der Waals surface area contributed by atoms with Gasteiger partial charge >= 0.3 is 0 Å². The number of nitrogens with one attached hydrogen (secondary N) is 1. The minimum atomic E-state index is -0.0133. The van der Waals surface area contributed by atoms with Gasteiger partial charge < -0.3 is 10.2 Å². The normalized spacial score (nSPS) is 28.1. The molecule has 0 bridgehead atoms. The second-order valence-electron chi connectivity index (χ2n) is 4.05. The number of piperazine rings is 1. The molecule has 0 spiro atoms. The standard InChI is InChI=1S/C10H16N2O2/c13-9-2-1-8(7-9)10(14)12-5-3-11-4-6-12/h8,11H,1-7H2/t8-/m1/s1. The molecule has 14 heavy (non-hydrogen) atoms. The minimum Gasteiger partial charge on any atom is -0.340 e. The number of hydrogen-bond donors (Lipinski definition) is 1. The summed E-state index contributed by atoms with van der Waals surface area (Å²) in [6, 6.07) is 0. The van der Waals surface area contributed by atoms with Crippen molar-refractivity contribution in [1.82, 2.24) is 10.2 Å². The lowest BCUT2D eigenvalue weighted by Gasteiger charge is -2.29. The average molecular weight is 196 g/mol. The molecule has 78 valence electrons. The van der Waals surface area contributed by atoms with Gasteiger partial charge in [0.2, 0.25) is 5.91 Å². The fourth-order valence-electron chi connectivity index (χ4n) is 2.17. The first-order valence-corrected chi connectivity index (χ1v) is 5.28. The van der Waals surface area contributed by atoms with Crippen LogP contribution >= 0.6 is 0 Å². The third-order valence-corrected chi connectivity index (χ3v) is 3.02. The summed E-state index contributed by atoms with van der Waals surface area (Å²) in [5.41, 5.74) is 0. The Hall–Kier alpha value is -0.900. The molecule has 1 saturated heterocycles. The van der Waals surface area contributed by atoms with Crippen LogP contribution in [0.4, 0.5) is 0 Å². The van der Waals surface area contributed by atoms with E-state index in [1.54, 1.807) is 0 Å². The fraction of sp³-hybridized carbons (Fsp3) is 0.800. The highest BCUT2D eigenvalue weighted by Crippen LogP contribution is 2.23. The summed E-state index contributed by atoms with van der Waals surface area (Å²) < 4.78 is 0. The van der Waals surface area contributed by atoms with Gasteiger partial charge in [0, 0.05) is 44.9 Å². The monoisotopic (exact) mass is 196 g/mol. The van der Waals surface area contributed by atoms with E-state index in [4.69, 9.17) is 0 Å². The summed E-state index contributed by atoms with van der Waals surface area (Å²) in [6.07, 6.45) is 1.84. The Bertz CT molecular complexity index is 247. The van der Waals surface area contributed by atoms with Crippen LogP contribution in [-0.4, -0.2) is 42.8 Å². The van der Waals surface area contributed by atoms with Crippen molar-refractivity contribution in [3.8, 4) is 0 Å². The van der Waals surface area contributed by atoms with E-state index in [0.29, 0.717) is 12.8 Å². The molecule has 1 saturated carbocycles. The quantitative estimate of drug-likeness (QED) is 0.631. The molecule has 2 fully saturated rings. The Balaban J connectivity index is 1.90. The second-order valence-corrected chi connectivity index (χ2v) is 4.05. The van der Waals surface area contributed by atoms with Crippen molar-refractivity contribution < 1.29 is 9.59 Å². The summed E-state index contributed by atoms with van der Waals surface area (Å²) >= 11 is 0. The topological polar surface area (TPSA) is 49.4 Å². The highest BCUT2D eigenvalue weighted by Gasteiger charge is 2.31. The van der Waals surface area contributed by atoms with Crippen LogP contribution in [0.15, 0.2) is 0 Å². The molecule has 1 aliphatic heterocycles. The molecule has 1 atom stereocenters. The Morgan fingerprint density at radius 2 is 2.07 bits per heavy atom. The van der Waals surface area contributed by atoms with Gasteiger partial charge in [0.15, 0.2) is 0 Å². The summed E-state index contributed by atoms with van der Waals surface area (Å²) in [5.74, 6) is 0.427. The summed E-state index contributed by atoms with van der Waals surface area (Å²) in [7, 11) is 0. The van der Waals surface area contributed by atoms with E-state index in [-0.39, 0.29) is 17.6 Å². The van der Waals surface area contributed by atoms with E-state index >= 15 is 0 Å². The van der Waals surface area contributed by atoms with Crippen LogP contribution in [0.3, 0.4) is 0 Å². The molecule has 1 amide bonds. The lowest BCUT2D eigenvalue weighted by atomic mass is 10.1. The van der Waals surface area contributed by atoms with Gasteiger partial charge in [-0.15, -0.1) is 0 Å². The lowest BCUT2D eigenvalue weighted by Crippen LogP contribution is -2.48. The smallest absolute Gasteiger partial charge is 0.226 e. The van der Waals surface area contributed by atoms with Gasteiger partial charge in [0.05, 0.1) is 0 Å². The zero-order valence-electron chi connectivity index (χ0n) is 8.29. The molecular weight excluding hydrogens is 180 g/mol. The van der Waals surface area contributed by atoms with Gasteiger partial charge in [0.25, 0.3) is 0 Å². The number of ketones is 1. The van der Waals surface area contributed by atoms with Crippen LogP contribution in [0.25, 0.3) is 0 Å². The van der Waals surface area contributed by atoms with Crippen LogP contribution in [0.5, 0.6) is 0 Å². The van der Waals surface area contributed by atoms with Crippen LogP contribution in [0, 0.1) is 5.92 Å². The third kappa shape index (κ3) is 1.95. The number of Topliss-reactive ketones (excluding diaryl/α,β-unsaturated/α-hetero) is 1. The van der Waals surface area contributed by atoms with Gasteiger partial charge in [-0.2, -0.15) is 0 Å². The number of hydrogen-bond acceptors (Lipinski definition) is 3. The maximum absolute atomic E-state index is 11.9. The van der Waals surface area contributed by atoms with Crippen molar-refractivity contribution in [3.63, 3.8) is 0 Å². The number of carbonyl (C=O) groups excluding carboxylic acids is 2. The molecule has 0 aromatic heterocycles. The van der Waals surface area contributed by atoms with E-state index in [9.17, 15) is 9.59 Å². The largest absolute Gasteiger partial charge is 0.340 e. The van der Waals surface area contributed by atoms with E-state index in [0.717, 1.165) is 32.6 Å². The number of nitrogens with zero attached hydrogens (tertiary/aromatic N) is 1. The zero-order valence-corrected chi connectivity index (χ0v) is 8.29. The molecule has 1 N–H and O–H groups in total. The van der Waals surface area contributed by atoms with E-state index in [2.05, 4.69) is 5.32 Å². The lowest BCUT2D eigenvalue weighted by molar-refractivity contribution is -0.136. The van der Waals surface area contributed by atoms with Gasteiger partial charge in [-0.25, -0.2) is 0 Å². The molecule has 0 radical (unpaired) electrons. The van der Waals surface area contributed by atoms with Crippen molar-refractivity contribution in [1.29, 1.82) is 0 Å². The molecular formula is C10H16N2O2. The van der Waals surface area contributed by atoms with E-state index in [1.165, 1.54) is 0 Å². The van der Waals surface area contributed by atoms with E-state index in [1.807, 2.05) is 4.90 Å². The summed E-state index contributed by atoms with van der Waals surface area (Å²) in [6.45, 7) is 3.35. The Morgan fingerprint density at radius 1 is 1.36 bits per heavy atom. The van der Waals surface area contributed by atoms with Gasteiger partial charge in [-0.3, -0.25) is 9.59 Å². The molecule has 4 heteroatoms. The first kappa shape index (κ1) is 9.65. The predicted molar refractivity (Wildman–Crippen MR) is 51.8 cm³/mol. The molecule has 4 nitrogen and oxygen atoms in total. The molecule has 2 aliphatic rings. The minimum absolute atomic E-state index is 0.0133. The highest BCUT2D eigenvalue weighted by molar-refractivity contribution is 5.90. The third-order valence-electron chi connectivity index (χ3n) is 3.02. The van der Waals surface area contributed by atoms with Crippen molar-refractivity contribution >= 4 is 11.7 Å². The predicted octanol–water partition coefficient (Wildman–Crippen LogP) is -0.213. The summed E-state index contributed by atoms with van der Waals surface area (Å²) in [4.78, 5) is 24.8. The molecule has 1 heterocycles. The van der Waals surface area contributed by atoms with Crippen LogP contribution in [0.1, 0.15) is 19.3 Å². The van der Waals surface area contributed by atoms with Crippen molar-refractivity contribution in [2.24, 2.45) is 5.92 Å². The second kappa shape index (κ2) is 4.09. The SMILES string of the molecule is O=C1CC[C@@H](C(=O)N2CCNCC2)C1. The summed E-state index contributed by atoms with van der Waals surface area (Å²) in [5, 5.41) is 3.21. The van der Waals surface area contributed by atoms with Gasteiger partial charge in [0.1, 0.15) is 5.78 Å². The maximum atomic E-state index is 11.9. The Morgan fingerprint density at radius 3 is 2.64 bits per heavy atom. The molecule has 0 aromatic carbocycles. The fourth-order valence-corrected chi connectivity index (χ4v) is 2.17. The number of rotatable bonds is 1. The van der Waals surface area contributed by atoms with Crippen LogP contribution in [0.2, 0.25) is 0 Å². The van der Waals surface area contributed by atoms with E-state index < -0.39 is 0 Å². The number of amides is 1. The molecule has 1 aliphatic carbocycles. The average Bonchev–Trinajstić information content (AvgIpc) is 2.65. The highest BCUT2D eigenvalue weighted by atomic mass is 16.2. The van der Waals surface area contributed by atoms with Crippen molar-refractivity contribution in [2.75, 3.05) is 26.2 Å². The van der Waals surface area contributed by atoms with Gasteiger partial charge in [-0.05, 0) is 6.42 Å². The van der Waals surface area contributed by atoms with Gasteiger partial charge in [-0.1, -0.05) is 0 Å². The zero-order chi connectivity index (χ0) is 9.97. The van der Waals surface area contributed by atoms with Crippen LogP contribution < -0.4 is 5.32 Å². The first-order valence-electron chi connectivity index (χ1n) is 5.28. The number of carbonyl (C=O) groups is 2. The Kier molecular flexibility index (Phi) is 2.82. The first-order chi connectivity index (χ1) is 6.77. The molecule has 2 rings (SSSR count).